The lowest BCUT2D eigenvalue weighted by Crippen LogP contribution is -2.48. The predicted octanol–water partition coefficient (Wildman–Crippen LogP) is 4.21. The fourth-order valence-electron chi connectivity index (χ4n) is 3.40. The summed E-state index contributed by atoms with van der Waals surface area (Å²) in [6, 6.07) is 14.3. The fourth-order valence-corrected chi connectivity index (χ4v) is 3.40. The first kappa shape index (κ1) is 21.8. The van der Waals surface area contributed by atoms with Gasteiger partial charge >= 0.3 is 12.0 Å². The summed E-state index contributed by atoms with van der Waals surface area (Å²) in [5, 5.41) is 14.0. The molecule has 1 aliphatic heterocycles. The minimum absolute atomic E-state index is 0.124. The largest absolute Gasteiger partial charge is 0.463 e. The summed E-state index contributed by atoms with van der Waals surface area (Å²) < 4.78 is 5.21. The van der Waals surface area contributed by atoms with Gasteiger partial charge in [-0.1, -0.05) is 54.6 Å². The topological polar surface area (TPSA) is 102 Å². The summed E-state index contributed by atoms with van der Waals surface area (Å²) in [6.07, 6.45) is 3.71. The Kier molecular flexibility index (Phi) is 6.81. The molecule has 2 aromatic carbocycles. The number of nitrogens with zero attached hydrogens (tertiary/aromatic N) is 2. The van der Waals surface area contributed by atoms with Crippen LogP contribution in [0, 0.1) is 10.1 Å². The Morgan fingerprint density at radius 3 is 2.65 bits per heavy atom. The number of nitro benzene ring substituents is 1. The van der Waals surface area contributed by atoms with E-state index in [9.17, 15) is 19.7 Å². The number of nitro groups is 1. The number of ether oxygens (including phenoxy) is 1. The van der Waals surface area contributed by atoms with E-state index in [2.05, 4.69) is 5.32 Å². The quantitative estimate of drug-likeness (QED) is 0.410. The highest BCUT2D eigenvalue weighted by Gasteiger charge is 2.36. The number of allylic oxidation sites excluding steroid dienone is 1. The zero-order valence-electron chi connectivity index (χ0n) is 17.3. The van der Waals surface area contributed by atoms with E-state index in [1.54, 1.807) is 19.9 Å². The van der Waals surface area contributed by atoms with E-state index in [1.807, 2.05) is 42.5 Å². The van der Waals surface area contributed by atoms with Crippen molar-refractivity contribution in [1.82, 2.24) is 10.2 Å². The number of hydrogen-bond acceptors (Lipinski definition) is 5. The second kappa shape index (κ2) is 9.71. The third-order valence-electron chi connectivity index (χ3n) is 4.90. The SMILES string of the molecule is CCOC(=O)C1=C(C)N(C/C=C/c2ccccc2)C(=O)NC1c1cccc([N+](=O)[O-])c1. The highest BCUT2D eigenvalue weighted by Crippen LogP contribution is 2.32. The van der Waals surface area contributed by atoms with Gasteiger partial charge in [-0.3, -0.25) is 15.0 Å². The van der Waals surface area contributed by atoms with E-state index in [4.69, 9.17) is 4.74 Å². The van der Waals surface area contributed by atoms with Crippen molar-refractivity contribution in [2.75, 3.05) is 13.2 Å². The second-order valence-corrected chi connectivity index (χ2v) is 6.88. The standard InChI is InChI=1S/C23H23N3O5/c1-3-31-22(27)20-16(2)25(14-8-11-17-9-5-4-6-10-17)23(28)24-21(20)18-12-7-13-19(15-18)26(29)30/h4-13,15,21H,3,14H2,1-2H3,(H,24,28)/b11-8+. The van der Waals surface area contributed by atoms with Gasteiger partial charge in [-0.25, -0.2) is 9.59 Å². The number of nitrogens with one attached hydrogen (secondary N) is 1. The molecule has 0 saturated carbocycles. The zero-order valence-corrected chi connectivity index (χ0v) is 17.3. The summed E-state index contributed by atoms with van der Waals surface area (Å²) in [5.41, 5.74) is 1.98. The van der Waals surface area contributed by atoms with Crippen molar-refractivity contribution in [1.29, 1.82) is 0 Å². The van der Waals surface area contributed by atoms with Crippen LogP contribution in [-0.4, -0.2) is 35.0 Å². The van der Waals surface area contributed by atoms with Crippen LogP contribution in [0.4, 0.5) is 10.5 Å². The maximum Gasteiger partial charge on any atom is 0.338 e. The molecular weight excluding hydrogens is 398 g/mol. The number of esters is 1. The molecule has 8 heteroatoms. The molecule has 0 aromatic heterocycles. The van der Waals surface area contributed by atoms with Gasteiger partial charge in [0.15, 0.2) is 0 Å². The van der Waals surface area contributed by atoms with E-state index in [1.165, 1.54) is 23.1 Å². The van der Waals surface area contributed by atoms with Crippen LogP contribution in [0.5, 0.6) is 0 Å². The summed E-state index contributed by atoms with van der Waals surface area (Å²) in [5.74, 6) is -0.575. The monoisotopic (exact) mass is 421 g/mol. The number of carbonyl (C=O) groups is 2. The molecule has 0 saturated heterocycles. The molecule has 1 unspecified atom stereocenters. The Bertz CT molecular complexity index is 1050. The average Bonchev–Trinajstić information content (AvgIpc) is 2.76. The fraction of sp³-hybridized carbons (Fsp3) is 0.217. The van der Waals surface area contributed by atoms with Crippen molar-refractivity contribution in [2.45, 2.75) is 19.9 Å². The van der Waals surface area contributed by atoms with E-state index >= 15 is 0 Å². The summed E-state index contributed by atoms with van der Waals surface area (Å²) in [4.78, 5) is 37.7. The molecule has 0 fully saturated rings. The minimum Gasteiger partial charge on any atom is -0.463 e. The Balaban J connectivity index is 1.96. The molecule has 160 valence electrons. The maximum atomic E-state index is 12.8. The normalized spacial score (nSPS) is 16.4. The van der Waals surface area contributed by atoms with Crippen LogP contribution < -0.4 is 5.32 Å². The summed E-state index contributed by atoms with van der Waals surface area (Å²) in [7, 11) is 0. The molecule has 2 aromatic rings. The lowest BCUT2D eigenvalue weighted by atomic mass is 9.94. The molecule has 0 bridgehead atoms. The van der Waals surface area contributed by atoms with Crippen LogP contribution in [0.1, 0.15) is 31.0 Å². The number of carbonyl (C=O) groups excluding carboxylic acids is 2. The Morgan fingerprint density at radius 2 is 1.97 bits per heavy atom. The molecule has 8 nitrogen and oxygen atoms in total. The molecule has 1 N–H and O–H groups in total. The minimum atomic E-state index is -0.846. The van der Waals surface area contributed by atoms with Crippen molar-refractivity contribution < 1.29 is 19.2 Å². The van der Waals surface area contributed by atoms with Gasteiger partial charge in [0.25, 0.3) is 5.69 Å². The van der Waals surface area contributed by atoms with Crippen molar-refractivity contribution >= 4 is 23.8 Å². The molecule has 1 aliphatic rings. The zero-order chi connectivity index (χ0) is 22.4. The molecule has 2 amide bonds. The van der Waals surface area contributed by atoms with Gasteiger partial charge < -0.3 is 10.1 Å². The van der Waals surface area contributed by atoms with Crippen LogP contribution >= 0.6 is 0 Å². The van der Waals surface area contributed by atoms with Crippen molar-refractivity contribution in [3.63, 3.8) is 0 Å². The third-order valence-corrected chi connectivity index (χ3v) is 4.90. The van der Waals surface area contributed by atoms with Crippen molar-refractivity contribution in [3.8, 4) is 0 Å². The second-order valence-electron chi connectivity index (χ2n) is 6.88. The molecule has 0 radical (unpaired) electrons. The smallest absolute Gasteiger partial charge is 0.338 e. The summed E-state index contributed by atoms with van der Waals surface area (Å²) >= 11 is 0. The molecule has 1 heterocycles. The Morgan fingerprint density at radius 1 is 1.23 bits per heavy atom. The van der Waals surface area contributed by atoms with Gasteiger partial charge in [0.1, 0.15) is 0 Å². The van der Waals surface area contributed by atoms with Gasteiger partial charge in [-0.2, -0.15) is 0 Å². The van der Waals surface area contributed by atoms with Gasteiger partial charge in [0.05, 0.1) is 23.1 Å². The van der Waals surface area contributed by atoms with Crippen LogP contribution in [0.15, 0.2) is 71.9 Å². The van der Waals surface area contributed by atoms with E-state index < -0.39 is 23.0 Å². The number of benzene rings is 2. The van der Waals surface area contributed by atoms with E-state index in [-0.39, 0.29) is 24.4 Å². The van der Waals surface area contributed by atoms with Gasteiger partial charge in [0, 0.05) is 24.4 Å². The van der Waals surface area contributed by atoms with Crippen LogP contribution in [0.25, 0.3) is 6.08 Å². The Hall–Kier alpha value is -3.94. The highest BCUT2D eigenvalue weighted by atomic mass is 16.6. The molecule has 3 rings (SSSR count). The van der Waals surface area contributed by atoms with Gasteiger partial charge in [0.2, 0.25) is 0 Å². The first-order valence-electron chi connectivity index (χ1n) is 9.84. The van der Waals surface area contributed by atoms with Crippen molar-refractivity contribution in [3.05, 3.63) is 93.2 Å². The van der Waals surface area contributed by atoms with Crippen LogP contribution in [-0.2, 0) is 9.53 Å². The first-order chi connectivity index (χ1) is 14.9. The predicted molar refractivity (Wildman–Crippen MR) is 116 cm³/mol. The lowest BCUT2D eigenvalue weighted by Gasteiger charge is -2.34. The highest BCUT2D eigenvalue weighted by molar-refractivity contribution is 5.95. The van der Waals surface area contributed by atoms with E-state index in [0.29, 0.717) is 11.3 Å². The lowest BCUT2D eigenvalue weighted by molar-refractivity contribution is -0.384. The van der Waals surface area contributed by atoms with Crippen molar-refractivity contribution in [2.24, 2.45) is 0 Å². The molecular formula is C23H23N3O5. The van der Waals surface area contributed by atoms with Gasteiger partial charge in [-0.05, 0) is 25.0 Å². The number of amides is 2. The molecule has 0 spiro atoms. The first-order valence-corrected chi connectivity index (χ1v) is 9.84. The molecule has 1 atom stereocenters. The number of urea groups is 1. The van der Waals surface area contributed by atoms with E-state index in [0.717, 1.165) is 5.56 Å². The average molecular weight is 421 g/mol. The number of non-ortho nitro benzene ring substituents is 1. The number of hydrogen-bond donors (Lipinski definition) is 1. The van der Waals surface area contributed by atoms with Crippen LogP contribution in [0.2, 0.25) is 0 Å². The maximum absolute atomic E-state index is 12.8. The molecule has 31 heavy (non-hydrogen) atoms. The van der Waals surface area contributed by atoms with Crippen LogP contribution in [0.3, 0.4) is 0 Å². The number of rotatable bonds is 7. The van der Waals surface area contributed by atoms with Gasteiger partial charge in [-0.15, -0.1) is 0 Å². The molecule has 0 aliphatic carbocycles. The Labute approximate surface area is 180 Å². The third kappa shape index (κ3) is 4.98. The summed E-state index contributed by atoms with van der Waals surface area (Å²) in [6.45, 7) is 3.78.